The highest BCUT2D eigenvalue weighted by atomic mass is 16.5. The van der Waals surface area contributed by atoms with Gasteiger partial charge in [-0.15, -0.1) is 0 Å². The zero-order valence-electron chi connectivity index (χ0n) is 17.4. The number of fused-ring (bicyclic) bond motifs is 2. The van der Waals surface area contributed by atoms with Gasteiger partial charge in [-0.1, -0.05) is 13.8 Å². The predicted molar refractivity (Wildman–Crippen MR) is 111 cm³/mol. The van der Waals surface area contributed by atoms with Crippen LogP contribution in [0.1, 0.15) is 26.5 Å². The van der Waals surface area contributed by atoms with Gasteiger partial charge in [-0.2, -0.15) is 0 Å². The van der Waals surface area contributed by atoms with Crippen molar-refractivity contribution in [2.45, 2.75) is 45.9 Å². The Bertz CT molecular complexity index is 1120. The number of benzene rings is 1. The first-order valence-electron chi connectivity index (χ1n) is 9.66. The molecule has 0 bridgehead atoms. The number of aliphatic hydroxyl groups is 1. The van der Waals surface area contributed by atoms with Gasteiger partial charge in [0.05, 0.1) is 11.6 Å². The first-order valence-corrected chi connectivity index (χ1v) is 9.66. The van der Waals surface area contributed by atoms with Crippen LogP contribution in [-0.4, -0.2) is 42.4 Å². The van der Waals surface area contributed by atoms with Crippen molar-refractivity contribution in [3.8, 4) is 11.5 Å². The van der Waals surface area contributed by atoms with Gasteiger partial charge >= 0.3 is 0 Å². The van der Waals surface area contributed by atoms with Crippen LogP contribution in [0.15, 0.2) is 32.0 Å². The number of ether oxygens (including phenoxy) is 2. The maximum absolute atomic E-state index is 12.8. The molecule has 2 aromatic heterocycles. The van der Waals surface area contributed by atoms with Gasteiger partial charge in [0, 0.05) is 18.7 Å². The summed E-state index contributed by atoms with van der Waals surface area (Å²) >= 11 is 0. The fraction of sp³-hybridized carbons (Fsp3) is 0.429. The molecule has 30 heavy (non-hydrogen) atoms. The zero-order valence-corrected chi connectivity index (χ0v) is 17.4. The quantitative estimate of drug-likeness (QED) is 0.479. The maximum Gasteiger partial charge on any atom is 0.258 e. The number of aryl methyl sites for hydroxylation is 1. The van der Waals surface area contributed by atoms with Crippen LogP contribution in [0.3, 0.4) is 0 Å². The highest BCUT2D eigenvalue weighted by Gasteiger charge is 2.26. The van der Waals surface area contributed by atoms with Gasteiger partial charge in [0.1, 0.15) is 29.6 Å². The van der Waals surface area contributed by atoms with Crippen molar-refractivity contribution in [1.29, 1.82) is 0 Å². The fourth-order valence-electron chi connectivity index (χ4n) is 2.99. The van der Waals surface area contributed by atoms with Gasteiger partial charge in [-0.05, 0) is 19.9 Å². The van der Waals surface area contributed by atoms with Crippen LogP contribution in [0.25, 0.3) is 21.9 Å². The molecule has 4 N–H and O–H groups in total. The maximum atomic E-state index is 12.8. The fourth-order valence-corrected chi connectivity index (χ4v) is 2.99. The molecule has 2 atom stereocenters. The second-order valence-corrected chi connectivity index (χ2v) is 7.44. The number of aliphatic hydroxyl groups excluding tert-OH is 1. The molecule has 0 aliphatic carbocycles. The Labute approximate surface area is 172 Å². The second kappa shape index (κ2) is 8.76. The Kier molecular flexibility index (Phi) is 6.33. The van der Waals surface area contributed by atoms with Gasteiger partial charge in [0.25, 0.3) is 5.91 Å². The summed E-state index contributed by atoms with van der Waals surface area (Å²) < 4.78 is 22.9. The zero-order chi connectivity index (χ0) is 22.0. The van der Waals surface area contributed by atoms with E-state index in [-0.39, 0.29) is 46.1 Å². The lowest BCUT2D eigenvalue weighted by Gasteiger charge is -2.18. The van der Waals surface area contributed by atoms with Crippen molar-refractivity contribution in [2.75, 3.05) is 13.2 Å². The normalized spacial score (nSPS) is 13.7. The second-order valence-electron chi connectivity index (χ2n) is 7.44. The molecule has 0 spiro atoms. The number of carbonyl (C=O) groups is 1. The standard InChI is InChI=1S/C21H26N2O7/c1-10(2)23-8-13(24)9-28-17-14-5-6-27-18(14)20(30-12(4)21(22)26)19-16(17)15(25)7-11(3)29-19/h5-7,10,12-13,23-24H,8-9H2,1-4H3,(H2,22,26). The Hall–Kier alpha value is -3.04. The van der Waals surface area contributed by atoms with E-state index in [1.54, 1.807) is 13.0 Å². The van der Waals surface area contributed by atoms with Crippen LogP contribution in [0.5, 0.6) is 11.5 Å². The lowest BCUT2D eigenvalue weighted by molar-refractivity contribution is -0.123. The number of amides is 1. The number of rotatable bonds is 9. The number of nitrogens with two attached hydrogens (primary N) is 1. The van der Waals surface area contributed by atoms with Crippen LogP contribution in [0.2, 0.25) is 0 Å². The van der Waals surface area contributed by atoms with Gasteiger partial charge in [-0.25, -0.2) is 0 Å². The molecular weight excluding hydrogens is 392 g/mol. The molecule has 0 radical (unpaired) electrons. The summed E-state index contributed by atoms with van der Waals surface area (Å²) in [6.45, 7) is 7.32. The van der Waals surface area contributed by atoms with Crippen molar-refractivity contribution in [2.24, 2.45) is 5.73 Å². The van der Waals surface area contributed by atoms with E-state index in [9.17, 15) is 14.7 Å². The van der Waals surface area contributed by atoms with Gasteiger partial charge < -0.3 is 34.5 Å². The largest absolute Gasteiger partial charge is 0.489 e. The van der Waals surface area contributed by atoms with E-state index in [0.29, 0.717) is 17.7 Å². The van der Waals surface area contributed by atoms with Crippen LogP contribution >= 0.6 is 0 Å². The molecule has 3 aromatic rings. The Morgan fingerprint density at radius 1 is 1.27 bits per heavy atom. The molecule has 2 unspecified atom stereocenters. The van der Waals surface area contributed by atoms with E-state index in [0.717, 1.165) is 0 Å². The summed E-state index contributed by atoms with van der Waals surface area (Å²) in [5.74, 6) is -0.0299. The molecule has 2 heterocycles. The highest BCUT2D eigenvalue weighted by molar-refractivity contribution is 6.06. The van der Waals surface area contributed by atoms with E-state index in [1.165, 1.54) is 19.3 Å². The lowest BCUT2D eigenvalue weighted by Crippen LogP contribution is -2.35. The average molecular weight is 418 g/mol. The number of primary amides is 1. The third-order valence-electron chi connectivity index (χ3n) is 4.50. The van der Waals surface area contributed by atoms with Gasteiger partial charge in [0.15, 0.2) is 22.7 Å². The number of carbonyl (C=O) groups excluding carboxylic acids is 1. The predicted octanol–water partition coefficient (Wildman–Crippen LogP) is 1.84. The summed E-state index contributed by atoms with van der Waals surface area (Å²) in [5.41, 5.74) is 5.30. The molecule has 0 saturated carbocycles. The van der Waals surface area contributed by atoms with Crippen molar-refractivity contribution in [1.82, 2.24) is 5.32 Å². The molecule has 162 valence electrons. The number of nitrogens with one attached hydrogen (secondary N) is 1. The molecule has 0 saturated heterocycles. The molecule has 1 amide bonds. The van der Waals surface area contributed by atoms with E-state index >= 15 is 0 Å². The number of hydrogen-bond acceptors (Lipinski definition) is 8. The molecule has 3 rings (SSSR count). The van der Waals surface area contributed by atoms with Crippen molar-refractivity contribution in [3.05, 3.63) is 34.4 Å². The van der Waals surface area contributed by atoms with E-state index in [4.69, 9.17) is 24.0 Å². The monoisotopic (exact) mass is 418 g/mol. The number of hydrogen-bond donors (Lipinski definition) is 3. The molecule has 1 aromatic carbocycles. The van der Waals surface area contributed by atoms with Crippen LogP contribution in [-0.2, 0) is 4.79 Å². The van der Waals surface area contributed by atoms with Crippen LogP contribution < -0.4 is 26.0 Å². The van der Waals surface area contributed by atoms with Crippen molar-refractivity contribution < 1.29 is 28.2 Å². The van der Waals surface area contributed by atoms with E-state index in [1.807, 2.05) is 13.8 Å². The van der Waals surface area contributed by atoms with Crippen LogP contribution in [0.4, 0.5) is 0 Å². The van der Waals surface area contributed by atoms with E-state index < -0.39 is 18.1 Å². The molecule has 0 fully saturated rings. The SMILES string of the molecule is Cc1cc(=O)c2c(OCC(O)CNC(C)C)c3ccoc3c(OC(C)C(N)=O)c2o1. The smallest absolute Gasteiger partial charge is 0.258 e. The van der Waals surface area contributed by atoms with E-state index in [2.05, 4.69) is 5.32 Å². The van der Waals surface area contributed by atoms with Gasteiger partial charge in [-0.3, -0.25) is 9.59 Å². The molecule has 0 aliphatic rings. The summed E-state index contributed by atoms with van der Waals surface area (Å²) in [6, 6.07) is 3.16. The highest BCUT2D eigenvalue weighted by Crippen LogP contribution is 2.42. The minimum atomic E-state index is -0.983. The minimum absolute atomic E-state index is 0.0552. The molecule has 0 aliphatic heterocycles. The summed E-state index contributed by atoms with van der Waals surface area (Å²) in [6.07, 6.45) is -0.373. The van der Waals surface area contributed by atoms with Gasteiger partial charge in [0.2, 0.25) is 5.75 Å². The van der Waals surface area contributed by atoms with Crippen molar-refractivity contribution in [3.63, 3.8) is 0 Å². The minimum Gasteiger partial charge on any atom is -0.489 e. The number of furan rings is 1. The van der Waals surface area contributed by atoms with Crippen molar-refractivity contribution >= 4 is 27.8 Å². The third kappa shape index (κ3) is 4.42. The molecule has 9 heteroatoms. The first kappa shape index (κ1) is 21.7. The topological polar surface area (TPSA) is 137 Å². The summed E-state index contributed by atoms with van der Waals surface area (Å²) in [5, 5.41) is 13.9. The first-order chi connectivity index (χ1) is 14.2. The Balaban J connectivity index is 2.12. The molecule has 9 nitrogen and oxygen atoms in total. The lowest BCUT2D eigenvalue weighted by atomic mass is 10.1. The molecular formula is C21H26N2O7. The average Bonchev–Trinajstić information content (AvgIpc) is 3.15. The summed E-state index contributed by atoms with van der Waals surface area (Å²) in [7, 11) is 0. The summed E-state index contributed by atoms with van der Waals surface area (Å²) in [4.78, 5) is 24.3. The third-order valence-corrected chi connectivity index (χ3v) is 4.50. The Morgan fingerprint density at radius 2 is 2.00 bits per heavy atom. The van der Waals surface area contributed by atoms with Crippen LogP contribution in [0, 0.1) is 6.92 Å². The Morgan fingerprint density at radius 3 is 2.67 bits per heavy atom.